The minimum Gasteiger partial charge on any atom is -0.497 e. The van der Waals surface area contributed by atoms with E-state index < -0.39 is 0 Å². The Kier molecular flexibility index (Phi) is 5.37. The second kappa shape index (κ2) is 7.05. The molecule has 112 valence electrons. The van der Waals surface area contributed by atoms with Crippen molar-refractivity contribution in [1.29, 1.82) is 0 Å². The molecule has 0 aliphatic rings. The lowest BCUT2D eigenvalue weighted by atomic mass is 9.94. The van der Waals surface area contributed by atoms with E-state index >= 15 is 0 Å². The minimum absolute atomic E-state index is 0.0878. The van der Waals surface area contributed by atoms with E-state index in [9.17, 15) is 4.39 Å². The molecule has 0 heterocycles. The summed E-state index contributed by atoms with van der Waals surface area (Å²) < 4.78 is 19.9. The fourth-order valence-corrected chi connectivity index (χ4v) is 2.86. The highest BCUT2D eigenvalue weighted by atomic mass is 79.9. The molecule has 0 radical (unpaired) electrons. The number of hydrogen-bond donors (Lipinski definition) is 1. The molecule has 2 nitrogen and oxygen atoms in total. The second-order valence-corrected chi connectivity index (χ2v) is 5.73. The first-order valence-electron chi connectivity index (χ1n) is 6.89. The number of hydrogen-bond acceptors (Lipinski definition) is 2. The molecule has 0 aliphatic heterocycles. The van der Waals surface area contributed by atoms with Crippen molar-refractivity contribution in [3.05, 3.63) is 63.4 Å². The quantitative estimate of drug-likeness (QED) is 0.849. The van der Waals surface area contributed by atoms with Gasteiger partial charge >= 0.3 is 0 Å². The van der Waals surface area contributed by atoms with Crippen molar-refractivity contribution in [1.82, 2.24) is 5.32 Å². The number of methoxy groups -OCH3 is 1. The van der Waals surface area contributed by atoms with Crippen LogP contribution < -0.4 is 10.1 Å². The van der Waals surface area contributed by atoms with Gasteiger partial charge in [-0.25, -0.2) is 4.39 Å². The van der Waals surface area contributed by atoms with Gasteiger partial charge in [-0.3, -0.25) is 0 Å². The molecule has 1 atom stereocenters. The summed E-state index contributed by atoms with van der Waals surface area (Å²) in [6, 6.07) is 10.6. The van der Waals surface area contributed by atoms with Gasteiger partial charge in [-0.15, -0.1) is 0 Å². The highest BCUT2D eigenvalue weighted by Gasteiger charge is 2.19. The molecule has 2 aromatic carbocycles. The van der Waals surface area contributed by atoms with Gasteiger partial charge in [0, 0.05) is 4.47 Å². The zero-order valence-corrected chi connectivity index (χ0v) is 14.0. The van der Waals surface area contributed by atoms with Crippen LogP contribution in [0.25, 0.3) is 0 Å². The Balaban J connectivity index is 2.55. The van der Waals surface area contributed by atoms with Crippen LogP contribution >= 0.6 is 15.9 Å². The summed E-state index contributed by atoms with van der Waals surface area (Å²) in [7, 11) is 1.64. The van der Waals surface area contributed by atoms with Gasteiger partial charge in [0.25, 0.3) is 0 Å². The van der Waals surface area contributed by atoms with Crippen LogP contribution in [0.5, 0.6) is 5.75 Å². The number of nitrogens with one attached hydrogen (secondary N) is 1. The first-order valence-corrected chi connectivity index (χ1v) is 7.69. The Morgan fingerprint density at radius 3 is 2.62 bits per heavy atom. The Hall–Kier alpha value is -1.39. The zero-order chi connectivity index (χ0) is 15.4. The summed E-state index contributed by atoms with van der Waals surface area (Å²) in [6.07, 6.45) is 0. The molecule has 4 heteroatoms. The van der Waals surface area contributed by atoms with Gasteiger partial charge in [0.2, 0.25) is 0 Å². The van der Waals surface area contributed by atoms with Crippen LogP contribution in [0.4, 0.5) is 4.39 Å². The maximum Gasteiger partial charge on any atom is 0.123 e. The first kappa shape index (κ1) is 16.0. The van der Waals surface area contributed by atoms with E-state index in [2.05, 4.69) is 21.2 Å². The van der Waals surface area contributed by atoms with Crippen molar-refractivity contribution in [2.45, 2.75) is 19.9 Å². The molecule has 0 spiro atoms. The van der Waals surface area contributed by atoms with Crippen LogP contribution in [-0.4, -0.2) is 13.7 Å². The van der Waals surface area contributed by atoms with Crippen LogP contribution in [0.3, 0.4) is 0 Å². The van der Waals surface area contributed by atoms with Crippen LogP contribution in [0, 0.1) is 12.7 Å². The molecule has 0 fully saturated rings. The van der Waals surface area contributed by atoms with Crippen molar-refractivity contribution in [3.63, 3.8) is 0 Å². The molecule has 0 saturated heterocycles. The maximum atomic E-state index is 13.6. The normalized spacial score (nSPS) is 12.2. The number of ether oxygens (including phenoxy) is 1. The predicted octanol–water partition coefficient (Wildman–Crippen LogP) is 4.60. The molecule has 2 aromatic rings. The average Bonchev–Trinajstić information content (AvgIpc) is 2.48. The second-order valence-electron chi connectivity index (χ2n) is 4.88. The van der Waals surface area contributed by atoms with E-state index in [1.54, 1.807) is 13.2 Å². The van der Waals surface area contributed by atoms with Gasteiger partial charge in [0.1, 0.15) is 11.6 Å². The van der Waals surface area contributed by atoms with Crippen LogP contribution in [0.1, 0.15) is 29.7 Å². The topological polar surface area (TPSA) is 21.3 Å². The summed E-state index contributed by atoms with van der Waals surface area (Å²) >= 11 is 3.58. The summed E-state index contributed by atoms with van der Waals surface area (Å²) in [5.41, 5.74) is 3.02. The molecule has 0 amide bonds. The van der Waals surface area contributed by atoms with E-state index in [-0.39, 0.29) is 11.9 Å². The largest absolute Gasteiger partial charge is 0.497 e. The van der Waals surface area contributed by atoms with E-state index in [0.29, 0.717) is 0 Å². The lowest BCUT2D eigenvalue weighted by molar-refractivity contribution is 0.413. The standard InChI is InChI=1S/C17H19BrFNO/c1-4-20-17(14-9-12(19)6-5-11(14)2)15-10-13(21-3)7-8-16(15)18/h5-10,17,20H,4H2,1-3H3. The van der Waals surface area contributed by atoms with Gasteiger partial charge < -0.3 is 10.1 Å². The molecule has 1 N–H and O–H groups in total. The van der Waals surface area contributed by atoms with Gasteiger partial charge in [-0.2, -0.15) is 0 Å². The Bertz CT molecular complexity index is 630. The van der Waals surface area contributed by atoms with E-state index in [1.807, 2.05) is 38.1 Å². The van der Waals surface area contributed by atoms with Crippen molar-refractivity contribution >= 4 is 15.9 Å². The average molecular weight is 352 g/mol. The van der Waals surface area contributed by atoms with Crippen molar-refractivity contribution < 1.29 is 9.13 Å². The summed E-state index contributed by atoms with van der Waals surface area (Å²) in [4.78, 5) is 0. The molecule has 21 heavy (non-hydrogen) atoms. The lowest BCUT2D eigenvalue weighted by Crippen LogP contribution is -2.23. The fourth-order valence-electron chi connectivity index (χ4n) is 2.38. The Labute approximate surface area is 133 Å². The van der Waals surface area contributed by atoms with E-state index in [1.165, 1.54) is 6.07 Å². The monoisotopic (exact) mass is 351 g/mol. The predicted molar refractivity (Wildman–Crippen MR) is 87.4 cm³/mol. The fraction of sp³-hybridized carbons (Fsp3) is 0.294. The summed E-state index contributed by atoms with van der Waals surface area (Å²) in [5, 5.41) is 3.42. The van der Waals surface area contributed by atoms with Crippen LogP contribution in [-0.2, 0) is 0 Å². The van der Waals surface area contributed by atoms with Crippen LogP contribution in [0.2, 0.25) is 0 Å². The van der Waals surface area contributed by atoms with Crippen molar-refractivity contribution in [3.8, 4) is 5.75 Å². The highest BCUT2D eigenvalue weighted by molar-refractivity contribution is 9.10. The maximum absolute atomic E-state index is 13.6. The smallest absolute Gasteiger partial charge is 0.123 e. The molecular weight excluding hydrogens is 333 g/mol. The van der Waals surface area contributed by atoms with E-state index in [0.717, 1.165) is 33.5 Å². The number of rotatable bonds is 5. The third-order valence-electron chi connectivity index (χ3n) is 3.47. The van der Waals surface area contributed by atoms with Crippen molar-refractivity contribution in [2.75, 3.05) is 13.7 Å². The van der Waals surface area contributed by atoms with Crippen molar-refractivity contribution in [2.24, 2.45) is 0 Å². The molecule has 0 aliphatic carbocycles. The molecule has 0 aromatic heterocycles. The van der Waals surface area contributed by atoms with E-state index in [4.69, 9.17) is 4.74 Å². The number of benzene rings is 2. The van der Waals surface area contributed by atoms with Gasteiger partial charge in [-0.05, 0) is 60.5 Å². The highest BCUT2D eigenvalue weighted by Crippen LogP contribution is 2.33. The molecule has 2 rings (SSSR count). The van der Waals surface area contributed by atoms with Gasteiger partial charge in [0.05, 0.1) is 13.2 Å². The molecular formula is C17H19BrFNO. The molecule has 1 unspecified atom stereocenters. The lowest BCUT2D eigenvalue weighted by Gasteiger charge is -2.22. The Morgan fingerprint density at radius 2 is 1.95 bits per heavy atom. The summed E-state index contributed by atoms with van der Waals surface area (Å²) in [5.74, 6) is 0.558. The SMILES string of the molecule is CCNC(c1cc(F)ccc1C)c1cc(OC)ccc1Br. The van der Waals surface area contributed by atoms with Gasteiger partial charge in [0.15, 0.2) is 0 Å². The zero-order valence-electron chi connectivity index (χ0n) is 12.4. The number of aryl methyl sites for hydroxylation is 1. The third-order valence-corrected chi connectivity index (χ3v) is 4.20. The first-order chi connectivity index (χ1) is 10.1. The molecule has 0 saturated carbocycles. The third kappa shape index (κ3) is 3.63. The van der Waals surface area contributed by atoms with Crippen LogP contribution in [0.15, 0.2) is 40.9 Å². The minimum atomic E-state index is -0.225. The summed E-state index contributed by atoms with van der Waals surface area (Å²) in [6.45, 7) is 4.81. The molecule has 0 bridgehead atoms. The Morgan fingerprint density at radius 1 is 1.19 bits per heavy atom. The van der Waals surface area contributed by atoms with Gasteiger partial charge in [-0.1, -0.05) is 28.9 Å². The number of halogens is 2.